The first-order chi connectivity index (χ1) is 12.0. The summed E-state index contributed by atoms with van der Waals surface area (Å²) in [6.07, 6.45) is 2.52. The van der Waals surface area contributed by atoms with Crippen LogP contribution in [0.15, 0.2) is 47.7 Å². The molecule has 25 heavy (non-hydrogen) atoms. The van der Waals surface area contributed by atoms with Crippen LogP contribution in [0.4, 0.5) is 5.69 Å². The number of aliphatic carboxylic acids is 1. The number of hydrogen-bond acceptors (Lipinski definition) is 5. The lowest BCUT2D eigenvalue weighted by atomic mass is 10.1. The zero-order valence-electron chi connectivity index (χ0n) is 13.8. The Labute approximate surface area is 144 Å². The molecule has 1 unspecified atom stereocenters. The summed E-state index contributed by atoms with van der Waals surface area (Å²) >= 11 is 0. The third-order valence-corrected chi connectivity index (χ3v) is 3.93. The van der Waals surface area contributed by atoms with Crippen LogP contribution in [-0.2, 0) is 23.1 Å². The Morgan fingerprint density at radius 1 is 1.28 bits per heavy atom. The standard InChI is InChI=1S/C17H19N5O3/c1-21-10-8-12(19-21)7-9-18-16(23)15-11-14(17(24)25)20-22(15)13-5-3-2-4-6-13/h2-6,8,10,15H,7,9,11H2,1H3,(H,18,23)(H,24,25). The molecule has 0 saturated heterocycles. The van der Waals surface area contributed by atoms with E-state index in [-0.39, 0.29) is 18.0 Å². The highest BCUT2D eigenvalue weighted by Crippen LogP contribution is 2.24. The van der Waals surface area contributed by atoms with Crippen LogP contribution < -0.4 is 10.3 Å². The van der Waals surface area contributed by atoms with Crippen molar-refractivity contribution in [3.63, 3.8) is 0 Å². The SMILES string of the molecule is Cn1ccc(CCNC(=O)C2CC(C(=O)O)=NN2c2ccccc2)n1. The van der Waals surface area contributed by atoms with Gasteiger partial charge < -0.3 is 10.4 Å². The number of aromatic nitrogens is 2. The van der Waals surface area contributed by atoms with Crippen LogP contribution in [0, 0.1) is 0 Å². The van der Waals surface area contributed by atoms with Crippen LogP contribution in [-0.4, -0.2) is 45.1 Å². The number of aryl methyl sites for hydroxylation is 1. The van der Waals surface area contributed by atoms with Crippen LogP contribution in [0.5, 0.6) is 0 Å². The van der Waals surface area contributed by atoms with Gasteiger partial charge in [0.2, 0.25) is 5.91 Å². The van der Waals surface area contributed by atoms with Gasteiger partial charge in [0.05, 0.1) is 11.4 Å². The van der Waals surface area contributed by atoms with Gasteiger partial charge >= 0.3 is 5.97 Å². The van der Waals surface area contributed by atoms with Gasteiger partial charge in [0.15, 0.2) is 0 Å². The van der Waals surface area contributed by atoms with Gasteiger partial charge in [0, 0.05) is 32.6 Å². The highest BCUT2D eigenvalue weighted by atomic mass is 16.4. The minimum atomic E-state index is -1.11. The minimum absolute atomic E-state index is 0.0197. The molecule has 130 valence electrons. The molecule has 2 N–H and O–H groups in total. The van der Waals surface area contributed by atoms with Crippen LogP contribution in [0.3, 0.4) is 0 Å². The zero-order chi connectivity index (χ0) is 17.8. The summed E-state index contributed by atoms with van der Waals surface area (Å²) in [5.74, 6) is -1.36. The highest BCUT2D eigenvalue weighted by molar-refractivity contribution is 6.37. The van der Waals surface area contributed by atoms with E-state index in [1.807, 2.05) is 37.5 Å². The maximum atomic E-state index is 12.5. The van der Waals surface area contributed by atoms with Crippen molar-refractivity contribution < 1.29 is 14.7 Å². The Morgan fingerprint density at radius 2 is 2.04 bits per heavy atom. The van der Waals surface area contributed by atoms with E-state index in [9.17, 15) is 14.7 Å². The fourth-order valence-corrected chi connectivity index (χ4v) is 2.69. The van der Waals surface area contributed by atoms with E-state index in [1.54, 1.807) is 16.8 Å². The van der Waals surface area contributed by atoms with Crippen molar-refractivity contribution in [2.24, 2.45) is 12.1 Å². The normalized spacial score (nSPS) is 16.6. The predicted molar refractivity (Wildman–Crippen MR) is 92.3 cm³/mol. The lowest BCUT2D eigenvalue weighted by Gasteiger charge is -2.22. The van der Waals surface area contributed by atoms with Gasteiger partial charge in [0.25, 0.3) is 0 Å². The zero-order valence-corrected chi connectivity index (χ0v) is 13.8. The first-order valence-electron chi connectivity index (χ1n) is 7.96. The molecule has 0 spiro atoms. The molecule has 0 fully saturated rings. The molecule has 8 heteroatoms. The summed E-state index contributed by atoms with van der Waals surface area (Å²) in [6, 6.07) is 10.3. The predicted octanol–water partition coefficient (Wildman–Crippen LogP) is 0.798. The Bertz CT molecular complexity index is 800. The lowest BCUT2D eigenvalue weighted by molar-refractivity contribution is -0.129. The van der Waals surface area contributed by atoms with Gasteiger partial charge in [-0.3, -0.25) is 14.5 Å². The van der Waals surface area contributed by atoms with Gasteiger partial charge in [-0.1, -0.05) is 18.2 Å². The van der Waals surface area contributed by atoms with Crippen molar-refractivity contribution in [1.82, 2.24) is 15.1 Å². The topological polar surface area (TPSA) is 99.8 Å². The van der Waals surface area contributed by atoms with E-state index in [0.717, 1.165) is 5.69 Å². The van der Waals surface area contributed by atoms with E-state index in [2.05, 4.69) is 15.5 Å². The number of carbonyl (C=O) groups excluding carboxylic acids is 1. The average molecular weight is 341 g/mol. The molecule has 0 aliphatic carbocycles. The number of rotatable bonds is 6. The second kappa shape index (κ2) is 7.16. The van der Waals surface area contributed by atoms with Crippen molar-refractivity contribution in [1.29, 1.82) is 0 Å². The number of carboxylic acids is 1. The van der Waals surface area contributed by atoms with E-state index in [4.69, 9.17) is 0 Å². The number of amides is 1. The number of carbonyl (C=O) groups is 2. The summed E-state index contributed by atoms with van der Waals surface area (Å²) in [6.45, 7) is 0.428. The number of nitrogens with one attached hydrogen (secondary N) is 1. The lowest BCUT2D eigenvalue weighted by Crippen LogP contribution is -2.43. The molecule has 0 bridgehead atoms. The Morgan fingerprint density at radius 3 is 2.68 bits per heavy atom. The van der Waals surface area contributed by atoms with Crippen LogP contribution in [0.25, 0.3) is 0 Å². The highest BCUT2D eigenvalue weighted by Gasteiger charge is 2.35. The molecular weight excluding hydrogens is 322 g/mol. The van der Waals surface area contributed by atoms with Gasteiger partial charge in [-0.05, 0) is 18.2 Å². The van der Waals surface area contributed by atoms with E-state index < -0.39 is 12.0 Å². The van der Waals surface area contributed by atoms with Crippen molar-refractivity contribution in [3.8, 4) is 0 Å². The van der Waals surface area contributed by atoms with Gasteiger partial charge in [-0.15, -0.1) is 0 Å². The van der Waals surface area contributed by atoms with Crippen molar-refractivity contribution >= 4 is 23.3 Å². The summed E-state index contributed by atoms with van der Waals surface area (Å²) < 4.78 is 1.71. The van der Waals surface area contributed by atoms with E-state index in [1.165, 1.54) is 5.01 Å². The minimum Gasteiger partial charge on any atom is -0.477 e. The van der Waals surface area contributed by atoms with Crippen molar-refractivity contribution in [2.45, 2.75) is 18.9 Å². The molecule has 2 aromatic rings. The fourth-order valence-electron chi connectivity index (χ4n) is 2.69. The van der Waals surface area contributed by atoms with Crippen LogP contribution in [0.2, 0.25) is 0 Å². The van der Waals surface area contributed by atoms with Gasteiger partial charge in [0.1, 0.15) is 11.8 Å². The number of para-hydroxylation sites is 1. The van der Waals surface area contributed by atoms with Crippen molar-refractivity contribution in [2.75, 3.05) is 11.6 Å². The Kier molecular flexibility index (Phi) is 4.78. The summed E-state index contributed by atoms with van der Waals surface area (Å²) in [5, 5.41) is 21.9. The first kappa shape index (κ1) is 16.7. The second-order valence-corrected chi connectivity index (χ2v) is 5.77. The summed E-state index contributed by atoms with van der Waals surface area (Å²) in [7, 11) is 1.84. The largest absolute Gasteiger partial charge is 0.477 e. The van der Waals surface area contributed by atoms with E-state index >= 15 is 0 Å². The molecule has 1 aliphatic heterocycles. The first-order valence-corrected chi connectivity index (χ1v) is 7.96. The molecule has 3 rings (SSSR count). The second-order valence-electron chi connectivity index (χ2n) is 5.77. The Hall–Kier alpha value is -3.16. The number of nitrogens with zero attached hydrogens (tertiary/aromatic N) is 4. The fraction of sp³-hybridized carbons (Fsp3) is 0.294. The third-order valence-electron chi connectivity index (χ3n) is 3.93. The number of hydrazone groups is 1. The molecule has 1 amide bonds. The quantitative estimate of drug-likeness (QED) is 0.809. The molecule has 2 heterocycles. The third kappa shape index (κ3) is 3.85. The van der Waals surface area contributed by atoms with Crippen molar-refractivity contribution in [3.05, 3.63) is 48.3 Å². The molecule has 1 aromatic carbocycles. The maximum absolute atomic E-state index is 12.5. The molecule has 8 nitrogen and oxygen atoms in total. The van der Waals surface area contributed by atoms with Gasteiger partial charge in [-0.2, -0.15) is 10.2 Å². The monoisotopic (exact) mass is 341 g/mol. The molecular formula is C17H19N5O3. The number of carboxylic acid groups (broad SMARTS) is 1. The summed E-state index contributed by atoms with van der Waals surface area (Å²) in [5.41, 5.74) is 1.55. The summed E-state index contributed by atoms with van der Waals surface area (Å²) in [4.78, 5) is 23.8. The number of benzene rings is 1. The number of hydrogen-bond donors (Lipinski definition) is 2. The molecule has 0 saturated carbocycles. The molecule has 1 aromatic heterocycles. The molecule has 1 aliphatic rings. The smallest absolute Gasteiger partial charge is 0.352 e. The Balaban J connectivity index is 1.66. The maximum Gasteiger partial charge on any atom is 0.352 e. The molecule has 1 atom stereocenters. The van der Waals surface area contributed by atoms with E-state index in [0.29, 0.717) is 18.7 Å². The van der Waals surface area contributed by atoms with Crippen LogP contribution in [0.1, 0.15) is 12.1 Å². The number of anilines is 1. The average Bonchev–Trinajstić information content (AvgIpc) is 3.22. The van der Waals surface area contributed by atoms with Gasteiger partial charge in [-0.25, -0.2) is 4.79 Å². The molecule has 0 radical (unpaired) electrons. The van der Waals surface area contributed by atoms with Crippen LogP contribution >= 0.6 is 0 Å².